The van der Waals surface area contributed by atoms with Crippen molar-refractivity contribution in [3.05, 3.63) is 65.8 Å². The molecule has 1 aromatic carbocycles. The van der Waals surface area contributed by atoms with Gasteiger partial charge in [0.1, 0.15) is 0 Å². The number of hydrogen-bond donors (Lipinski definition) is 0. The normalized spacial score (nSPS) is 16.7. The van der Waals surface area contributed by atoms with E-state index < -0.39 is 0 Å². The van der Waals surface area contributed by atoms with Crippen molar-refractivity contribution in [3.63, 3.8) is 0 Å². The second kappa shape index (κ2) is 6.11. The summed E-state index contributed by atoms with van der Waals surface area (Å²) >= 11 is 0. The Balaban J connectivity index is 0.000000980. The summed E-state index contributed by atoms with van der Waals surface area (Å²) < 4.78 is 0. The molecule has 2 rings (SSSR count). The van der Waals surface area contributed by atoms with E-state index in [2.05, 4.69) is 30.4 Å². The number of benzene rings is 1. The molecule has 1 aliphatic carbocycles. The molecule has 67 valence electrons. The van der Waals surface area contributed by atoms with E-state index in [4.69, 9.17) is 0 Å². The summed E-state index contributed by atoms with van der Waals surface area (Å²) in [5.74, 6) is 0. The largest absolute Gasteiger partial charge is 0.181 e. The van der Waals surface area contributed by atoms with Gasteiger partial charge in [0.2, 0.25) is 0 Å². The fourth-order valence-electron chi connectivity index (χ4n) is 1.24. The molecule has 0 saturated heterocycles. The molecule has 1 radical (unpaired) electrons. The molecule has 0 atom stereocenters. The molecule has 1 aromatic rings. The quantitative estimate of drug-likeness (QED) is 0.676. The average molecular weight is 255 g/mol. The van der Waals surface area contributed by atoms with E-state index in [1.165, 1.54) is 0 Å². The van der Waals surface area contributed by atoms with Crippen molar-refractivity contribution in [1.29, 1.82) is 0 Å². The molecule has 0 saturated carbocycles. The van der Waals surface area contributed by atoms with Crippen LogP contribution in [0.4, 0.5) is 0 Å². The van der Waals surface area contributed by atoms with E-state index in [1.54, 1.807) is 0 Å². The van der Waals surface area contributed by atoms with Crippen LogP contribution in [0.3, 0.4) is 0 Å². The van der Waals surface area contributed by atoms with Crippen molar-refractivity contribution < 1.29 is 32.7 Å². The maximum Gasteiger partial charge on any atom is 0 e. The molecule has 1 aliphatic rings. The standard InChI is InChI=1S/C13H10.Y/c1-3-7-12(8-4-1)11-13-9-5-2-6-10-13;/h1,3-7,9,11H,2H2;/q-2;/b13-11-;. The molecule has 0 heterocycles. The van der Waals surface area contributed by atoms with Crippen molar-refractivity contribution in [2.45, 2.75) is 6.42 Å². The van der Waals surface area contributed by atoms with Gasteiger partial charge >= 0.3 is 0 Å². The summed E-state index contributed by atoms with van der Waals surface area (Å²) in [5, 5.41) is 0. The fraction of sp³-hybridized carbons (Fsp3) is 0.0769. The van der Waals surface area contributed by atoms with Gasteiger partial charge in [-0.3, -0.25) is 0 Å². The van der Waals surface area contributed by atoms with Crippen LogP contribution < -0.4 is 0 Å². The third-order valence-corrected chi connectivity index (χ3v) is 1.86. The summed E-state index contributed by atoms with van der Waals surface area (Å²) in [6.45, 7) is 0. The van der Waals surface area contributed by atoms with Gasteiger partial charge < -0.3 is 0 Å². The van der Waals surface area contributed by atoms with Gasteiger partial charge in [0.15, 0.2) is 0 Å². The Kier molecular flexibility index (Phi) is 5.07. The molecular weight excluding hydrogens is 245 g/mol. The number of rotatable bonds is 1. The van der Waals surface area contributed by atoms with Crippen LogP contribution in [0.5, 0.6) is 0 Å². The molecule has 0 amide bonds. The summed E-state index contributed by atoms with van der Waals surface area (Å²) in [4.78, 5) is 0. The molecule has 0 spiro atoms. The maximum absolute atomic E-state index is 3.20. The third-order valence-electron chi connectivity index (χ3n) is 1.86. The molecule has 0 unspecified atom stereocenters. The second-order valence-corrected chi connectivity index (χ2v) is 2.90. The first-order valence-corrected chi connectivity index (χ1v) is 4.38. The maximum atomic E-state index is 3.20. The van der Waals surface area contributed by atoms with Crippen LogP contribution in [-0.2, 0) is 32.7 Å². The topological polar surface area (TPSA) is 0 Å². The minimum Gasteiger partial charge on any atom is -0.181 e. The third kappa shape index (κ3) is 3.36. The summed E-state index contributed by atoms with van der Waals surface area (Å²) in [7, 11) is 0. The zero-order valence-corrected chi connectivity index (χ0v) is 10.7. The van der Waals surface area contributed by atoms with Gasteiger partial charge in [0, 0.05) is 32.7 Å². The Labute approximate surface area is 110 Å². The predicted molar refractivity (Wildman–Crippen MR) is 54.8 cm³/mol. The first-order chi connectivity index (χ1) is 6.45. The van der Waals surface area contributed by atoms with Crippen molar-refractivity contribution in [2.24, 2.45) is 0 Å². The fourth-order valence-corrected chi connectivity index (χ4v) is 1.24. The van der Waals surface area contributed by atoms with Crippen LogP contribution in [0, 0.1) is 12.1 Å². The summed E-state index contributed by atoms with van der Waals surface area (Å²) in [6, 6.07) is 11.1. The smallest absolute Gasteiger partial charge is 0 e. The van der Waals surface area contributed by atoms with Crippen LogP contribution >= 0.6 is 0 Å². The van der Waals surface area contributed by atoms with Crippen molar-refractivity contribution in [1.82, 2.24) is 0 Å². The minimum atomic E-state index is 0. The second-order valence-electron chi connectivity index (χ2n) is 2.90. The van der Waals surface area contributed by atoms with Crippen molar-refractivity contribution in [2.75, 3.05) is 0 Å². The molecule has 0 bridgehead atoms. The molecule has 14 heavy (non-hydrogen) atoms. The Morgan fingerprint density at radius 1 is 1.29 bits per heavy atom. The van der Waals surface area contributed by atoms with Gasteiger partial charge in [0.05, 0.1) is 0 Å². The van der Waals surface area contributed by atoms with Gasteiger partial charge in [-0.25, -0.2) is 0 Å². The van der Waals surface area contributed by atoms with Crippen LogP contribution in [0.15, 0.2) is 48.1 Å². The van der Waals surface area contributed by atoms with Gasteiger partial charge in [0.25, 0.3) is 0 Å². The number of hydrogen-bond acceptors (Lipinski definition) is 0. The van der Waals surface area contributed by atoms with Crippen LogP contribution in [0.25, 0.3) is 6.08 Å². The molecule has 1 heteroatoms. The van der Waals surface area contributed by atoms with E-state index >= 15 is 0 Å². The van der Waals surface area contributed by atoms with Gasteiger partial charge in [-0.15, -0.1) is 42.5 Å². The minimum absolute atomic E-state index is 0. The van der Waals surface area contributed by atoms with Gasteiger partial charge in [-0.05, 0) is 6.42 Å². The Morgan fingerprint density at radius 3 is 2.86 bits per heavy atom. The first-order valence-electron chi connectivity index (χ1n) is 4.38. The van der Waals surface area contributed by atoms with Gasteiger partial charge in [-0.2, -0.15) is 29.4 Å². The molecular formula is C13H10Y-2. The monoisotopic (exact) mass is 255 g/mol. The van der Waals surface area contributed by atoms with E-state index in [0.717, 1.165) is 17.6 Å². The van der Waals surface area contributed by atoms with E-state index in [1.807, 2.05) is 30.3 Å². The van der Waals surface area contributed by atoms with E-state index in [9.17, 15) is 0 Å². The zero-order chi connectivity index (χ0) is 8.93. The number of allylic oxidation sites excluding steroid dienone is 5. The Hall–Kier alpha value is -0.456. The van der Waals surface area contributed by atoms with E-state index in [0.29, 0.717) is 0 Å². The molecule has 0 aliphatic heterocycles. The molecule has 0 fully saturated rings. The molecule has 0 nitrogen and oxygen atoms in total. The zero-order valence-electron chi connectivity index (χ0n) is 7.90. The predicted octanol–water partition coefficient (Wildman–Crippen LogP) is 3.19. The SMILES string of the molecule is [C-]1=CCC=C/C1=C/c1[c-]cccc1.[Y]. The first kappa shape index (κ1) is 11.6. The Bertz CT molecular complexity index is 344. The van der Waals surface area contributed by atoms with Crippen LogP contribution in [0.1, 0.15) is 12.0 Å². The average Bonchev–Trinajstić information content (AvgIpc) is 2.21. The molecule has 0 N–H and O–H groups in total. The van der Waals surface area contributed by atoms with Crippen LogP contribution in [0.2, 0.25) is 0 Å². The van der Waals surface area contributed by atoms with Crippen molar-refractivity contribution >= 4 is 6.08 Å². The summed E-state index contributed by atoms with van der Waals surface area (Å²) in [5.41, 5.74) is 2.22. The summed E-state index contributed by atoms with van der Waals surface area (Å²) in [6.07, 6.45) is 12.5. The van der Waals surface area contributed by atoms with Crippen molar-refractivity contribution in [3.8, 4) is 0 Å². The molecule has 0 aromatic heterocycles. The Morgan fingerprint density at radius 2 is 2.21 bits per heavy atom. The van der Waals surface area contributed by atoms with Gasteiger partial charge in [-0.1, -0.05) is 0 Å². The van der Waals surface area contributed by atoms with E-state index in [-0.39, 0.29) is 32.7 Å². The van der Waals surface area contributed by atoms with Crippen LogP contribution in [-0.4, -0.2) is 0 Å².